The number of rotatable bonds is 6. The predicted octanol–water partition coefficient (Wildman–Crippen LogP) is 6.63. The number of halogens is 5. The standard InChI is InChI=1S/C26H27Cl2F3N2O4/c1-14-9-17(37-26(29,30)31)13-22-19(14)11-16(32(22)2)12-20-21(27)4-3-18(24(20)28)25(36)33-7-5-15(6-8-33)10-23(34)35/h3-4,11,13-15H,5-10,12H2,1-2H3,(H,34,35). The van der Waals surface area contributed by atoms with Crippen molar-refractivity contribution in [2.24, 2.45) is 13.0 Å². The second-order valence-electron chi connectivity index (χ2n) is 9.70. The molecule has 1 fully saturated rings. The van der Waals surface area contributed by atoms with E-state index in [9.17, 15) is 22.8 Å². The third-order valence-electron chi connectivity index (χ3n) is 7.13. The van der Waals surface area contributed by atoms with Crippen LogP contribution in [0.3, 0.4) is 0 Å². The van der Waals surface area contributed by atoms with Crippen LogP contribution in [0, 0.1) is 5.92 Å². The number of amides is 1. The number of allylic oxidation sites excluding steroid dienone is 1. The Labute approximate surface area is 222 Å². The number of piperidine rings is 1. The summed E-state index contributed by atoms with van der Waals surface area (Å²) in [6.07, 6.45) is -1.64. The maximum atomic E-state index is 13.2. The van der Waals surface area contributed by atoms with E-state index in [4.69, 9.17) is 28.3 Å². The summed E-state index contributed by atoms with van der Waals surface area (Å²) in [6.45, 7) is 2.73. The van der Waals surface area contributed by atoms with E-state index in [-0.39, 0.29) is 47.8 Å². The van der Waals surface area contributed by atoms with Crippen molar-refractivity contribution in [1.29, 1.82) is 0 Å². The molecule has 6 nitrogen and oxygen atoms in total. The van der Waals surface area contributed by atoms with Crippen LogP contribution in [0.5, 0.6) is 0 Å². The molecule has 37 heavy (non-hydrogen) atoms. The van der Waals surface area contributed by atoms with Gasteiger partial charge in [0.25, 0.3) is 5.91 Å². The molecule has 1 saturated heterocycles. The van der Waals surface area contributed by atoms with Crippen molar-refractivity contribution < 1.29 is 32.6 Å². The van der Waals surface area contributed by atoms with E-state index in [2.05, 4.69) is 4.74 Å². The van der Waals surface area contributed by atoms with Gasteiger partial charge in [-0.05, 0) is 54.0 Å². The maximum absolute atomic E-state index is 13.2. The molecule has 200 valence electrons. The molecule has 0 radical (unpaired) electrons. The van der Waals surface area contributed by atoms with E-state index in [1.807, 2.05) is 13.0 Å². The lowest BCUT2D eigenvalue weighted by Crippen LogP contribution is -2.39. The number of carbonyl (C=O) groups is 2. The minimum atomic E-state index is -4.75. The molecular weight excluding hydrogens is 532 g/mol. The van der Waals surface area contributed by atoms with E-state index in [1.165, 1.54) is 6.08 Å². The Kier molecular flexibility index (Phi) is 7.85. The lowest BCUT2D eigenvalue weighted by atomic mass is 9.91. The first kappa shape index (κ1) is 27.4. The Balaban J connectivity index is 1.57. The first-order valence-electron chi connectivity index (χ1n) is 12.0. The van der Waals surface area contributed by atoms with Crippen molar-refractivity contribution in [2.75, 3.05) is 13.1 Å². The highest BCUT2D eigenvalue weighted by atomic mass is 35.5. The van der Waals surface area contributed by atoms with Gasteiger partial charge in [0.15, 0.2) is 0 Å². The fraction of sp³-hybridized carbons (Fsp3) is 0.462. The van der Waals surface area contributed by atoms with Crippen LogP contribution in [0.15, 0.2) is 24.0 Å². The van der Waals surface area contributed by atoms with Crippen molar-refractivity contribution in [3.8, 4) is 0 Å². The van der Waals surface area contributed by atoms with Gasteiger partial charge in [0.2, 0.25) is 0 Å². The first-order chi connectivity index (χ1) is 17.3. The minimum absolute atomic E-state index is 0.0414. The third kappa shape index (κ3) is 6.09. The van der Waals surface area contributed by atoms with E-state index in [0.29, 0.717) is 47.8 Å². The number of hydrogen-bond acceptors (Lipinski definition) is 3. The quantitative estimate of drug-likeness (QED) is 0.431. The summed E-state index contributed by atoms with van der Waals surface area (Å²) in [5.41, 5.74) is 3.17. The number of hydrogen-bond donors (Lipinski definition) is 1. The molecule has 1 unspecified atom stereocenters. The molecule has 0 saturated carbocycles. The van der Waals surface area contributed by atoms with Gasteiger partial charge in [-0.25, -0.2) is 0 Å². The van der Waals surface area contributed by atoms with Crippen LogP contribution in [0.25, 0.3) is 6.08 Å². The summed E-state index contributed by atoms with van der Waals surface area (Å²) < 4.78 is 44.3. The predicted molar refractivity (Wildman–Crippen MR) is 134 cm³/mol. The van der Waals surface area contributed by atoms with Gasteiger partial charge in [-0.2, -0.15) is 0 Å². The zero-order valence-corrected chi connectivity index (χ0v) is 21.9. The second-order valence-corrected chi connectivity index (χ2v) is 10.5. The van der Waals surface area contributed by atoms with Gasteiger partial charge >= 0.3 is 12.3 Å². The smallest absolute Gasteiger partial charge is 0.481 e. The molecule has 2 aromatic rings. The minimum Gasteiger partial charge on any atom is -0.481 e. The molecule has 11 heteroatoms. The molecule has 1 aliphatic heterocycles. The summed E-state index contributed by atoms with van der Waals surface area (Å²) in [5.74, 6) is -1.37. The largest absolute Gasteiger partial charge is 0.572 e. The van der Waals surface area contributed by atoms with Gasteiger partial charge in [0.05, 0.1) is 10.6 Å². The van der Waals surface area contributed by atoms with Crippen molar-refractivity contribution in [3.05, 3.63) is 62.1 Å². The molecule has 2 heterocycles. The molecule has 1 aromatic carbocycles. The fourth-order valence-corrected chi connectivity index (χ4v) is 5.73. The highest BCUT2D eigenvalue weighted by Gasteiger charge is 2.35. The van der Waals surface area contributed by atoms with Crippen LogP contribution in [-0.2, 0) is 23.0 Å². The second kappa shape index (κ2) is 10.6. The average Bonchev–Trinajstić information content (AvgIpc) is 3.11. The molecule has 1 amide bonds. The zero-order valence-electron chi connectivity index (χ0n) is 20.4. The summed E-state index contributed by atoms with van der Waals surface area (Å²) in [5, 5.41) is 9.62. The number of likely N-dealkylation sites (tertiary alicyclic amines) is 1. The van der Waals surface area contributed by atoms with Crippen molar-refractivity contribution in [3.63, 3.8) is 0 Å². The molecule has 1 atom stereocenters. The number of benzene rings is 1. The lowest BCUT2D eigenvalue weighted by Gasteiger charge is -2.31. The number of alkyl halides is 3. The molecule has 1 N–H and O–H groups in total. The van der Waals surface area contributed by atoms with Gasteiger partial charge in [-0.15, -0.1) is 13.2 Å². The normalized spacial score (nSPS) is 18.4. The monoisotopic (exact) mass is 558 g/mol. The average molecular weight is 559 g/mol. The van der Waals surface area contributed by atoms with Gasteiger partial charge in [0, 0.05) is 61.9 Å². The SMILES string of the molecule is CC1CC(OC(F)(F)F)=Cc2c1cc(Cc1c(Cl)ccc(C(=O)N3CCC(CC(=O)O)CC3)c1Cl)n2C. The number of carboxylic acid groups (broad SMARTS) is 1. The van der Waals surface area contributed by atoms with Crippen molar-refractivity contribution in [2.45, 2.75) is 51.3 Å². The molecular formula is C26H27Cl2F3N2O4. The summed E-state index contributed by atoms with van der Waals surface area (Å²) >= 11 is 13.2. The maximum Gasteiger partial charge on any atom is 0.572 e. The van der Waals surface area contributed by atoms with Crippen LogP contribution >= 0.6 is 23.2 Å². The van der Waals surface area contributed by atoms with Crippen LogP contribution in [-0.4, -0.2) is 45.9 Å². The van der Waals surface area contributed by atoms with E-state index >= 15 is 0 Å². The van der Waals surface area contributed by atoms with Gasteiger partial charge in [-0.3, -0.25) is 9.59 Å². The molecule has 2 aliphatic rings. The Morgan fingerprint density at radius 1 is 1.19 bits per heavy atom. The highest BCUT2D eigenvalue weighted by molar-refractivity contribution is 6.38. The molecule has 1 aliphatic carbocycles. The fourth-order valence-electron chi connectivity index (χ4n) is 5.15. The van der Waals surface area contributed by atoms with Gasteiger partial charge in [0.1, 0.15) is 5.76 Å². The Morgan fingerprint density at radius 2 is 1.86 bits per heavy atom. The summed E-state index contributed by atoms with van der Waals surface area (Å²) in [7, 11) is 1.76. The third-order valence-corrected chi connectivity index (χ3v) is 7.92. The number of ether oxygens (including phenoxy) is 1. The Hall–Kier alpha value is -2.65. The number of fused-ring (bicyclic) bond motifs is 1. The van der Waals surface area contributed by atoms with Gasteiger partial charge < -0.3 is 19.3 Å². The Bertz CT molecular complexity index is 1250. The molecule has 4 rings (SSSR count). The summed E-state index contributed by atoms with van der Waals surface area (Å²) in [4.78, 5) is 25.9. The molecule has 0 bridgehead atoms. The van der Waals surface area contributed by atoms with Crippen molar-refractivity contribution >= 4 is 41.2 Å². The number of nitrogens with zero attached hydrogens (tertiary/aromatic N) is 2. The number of carboxylic acids is 1. The van der Waals surface area contributed by atoms with Crippen LogP contribution in [0.2, 0.25) is 10.0 Å². The number of carbonyl (C=O) groups excluding carboxylic acids is 1. The van der Waals surface area contributed by atoms with E-state index in [1.54, 1.807) is 28.6 Å². The zero-order chi connectivity index (χ0) is 27.1. The van der Waals surface area contributed by atoms with Crippen LogP contribution < -0.4 is 0 Å². The van der Waals surface area contributed by atoms with Gasteiger partial charge in [-0.1, -0.05) is 30.1 Å². The molecule has 1 aromatic heterocycles. The lowest BCUT2D eigenvalue weighted by molar-refractivity contribution is -0.306. The van der Waals surface area contributed by atoms with Crippen LogP contribution in [0.4, 0.5) is 13.2 Å². The van der Waals surface area contributed by atoms with Crippen LogP contribution in [0.1, 0.15) is 71.4 Å². The number of aromatic nitrogens is 1. The van der Waals surface area contributed by atoms with E-state index in [0.717, 1.165) is 11.3 Å². The first-order valence-corrected chi connectivity index (χ1v) is 12.7. The highest BCUT2D eigenvalue weighted by Crippen LogP contribution is 2.39. The van der Waals surface area contributed by atoms with E-state index < -0.39 is 12.3 Å². The van der Waals surface area contributed by atoms with Crippen molar-refractivity contribution in [1.82, 2.24) is 9.47 Å². The molecule has 0 spiro atoms. The Morgan fingerprint density at radius 3 is 2.49 bits per heavy atom. The number of aliphatic carboxylic acids is 1. The topological polar surface area (TPSA) is 71.8 Å². The summed E-state index contributed by atoms with van der Waals surface area (Å²) in [6, 6.07) is 5.13.